The monoisotopic (exact) mass is 603 g/mol. The summed E-state index contributed by atoms with van der Waals surface area (Å²) in [5.41, 5.74) is 8.17. The summed E-state index contributed by atoms with van der Waals surface area (Å²) < 4.78 is 6.94. The Balaban J connectivity index is 1.47. The number of esters is 1. The van der Waals surface area contributed by atoms with E-state index in [1.807, 2.05) is 23.1 Å². The van der Waals surface area contributed by atoms with Gasteiger partial charge in [0.25, 0.3) is 5.56 Å². The number of nitrogens with one attached hydrogen (secondary N) is 1. The number of aromatic nitrogens is 2. The van der Waals surface area contributed by atoms with Crippen LogP contribution in [0, 0.1) is 0 Å². The predicted molar refractivity (Wildman–Crippen MR) is 168 cm³/mol. The summed E-state index contributed by atoms with van der Waals surface area (Å²) in [6.07, 6.45) is 2.13. The van der Waals surface area contributed by atoms with E-state index in [1.54, 1.807) is 17.6 Å². The van der Waals surface area contributed by atoms with E-state index in [0.29, 0.717) is 48.7 Å². The van der Waals surface area contributed by atoms with E-state index in [1.165, 1.54) is 0 Å². The zero-order valence-corrected chi connectivity index (χ0v) is 26.6. The van der Waals surface area contributed by atoms with Crippen LogP contribution < -0.4 is 16.6 Å². The number of rotatable bonds is 8. The van der Waals surface area contributed by atoms with E-state index >= 15 is 0 Å². The van der Waals surface area contributed by atoms with E-state index in [0.717, 1.165) is 40.9 Å². The number of nitrogens with two attached hydrogens (primary N) is 1. The van der Waals surface area contributed by atoms with E-state index in [9.17, 15) is 19.5 Å². The highest BCUT2D eigenvalue weighted by molar-refractivity contribution is 6.44. The Morgan fingerprint density at radius 1 is 1.21 bits per heavy atom. The topological polar surface area (TPSA) is 140 Å². The number of unbranched alkanes of at least 4 members (excludes halogenated alkanes) is 1. The third-order valence-corrected chi connectivity index (χ3v) is 11.6. The Bertz CT molecular complexity index is 1660. The Labute approximate surface area is 253 Å². The minimum absolute atomic E-state index is 0.0202. The number of hydrogen-bond acceptors (Lipinski definition) is 8. The van der Waals surface area contributed by atoms with Crippen molar-refractivity contribution in [1.29, 1.82) is 0 Å². The van der Waals surface area contributed by atoms with Crippen molar-refractivity contribution >= 4 is 32.3 Å². The molecular formula is C32H41N5O5Si. The fourth-order valence-electron chi connectivity index (χ4n) is 7.04. The molecule has 1 amide bonds. The van der Waals surface area contributed by atoms with Crippen molar-refractivity contribution in [3.63, 3.8) is 0 Å². The van der Waals surface area contributed by atoms with Crippen LogP contribution in [-0.4, -0.2) is 72.3 Å². The lowest BCUT2D eigenvalue weighted by atomic mass is 9.85. The van der Waals surface area contributed by atoms with E-state index in [-0.39, 0.29) is 42.1 Å². The molecule has 5 heterocycles. The number of pyridine rings is 2. The average Bonchev–Trinajstić information content (AvgIpc) is 3.28. The third kappa shape index (κ3) is 4.92. The van der Waals surface area contributed by atoms with Crippen molar-refractivity contribution in [2.24, 2.45) is 5.73 Å². The first-order valence-electron chi connectivity index (χ1n) is 15.5. The van der Waals surface area contributed by atoms with E-state index in [2.05, 4.69) is 25.2 Å². The first-order chi connectivity index (χ1) is 20.7. The molecule has 0 saturated carbocycles. The molecule has 6 rings (SSSR count). The molecule has 228 valence electrons. The lowest BCUT2D eigenvalue weighted by Crippen LogP contribution is -2.49. The summed E-state index contributed by atoms with van der Waals surface area (Å²) >= 11 is 0. The Morgan fingerprint density at radius 2 is 2.00 bits per heavy atom. The summed E-state index contributed by atoms with van der Waals surface area (Å²) in [4.78, 5) is 47.3. The SMILES string of the molecule is CC[C@@]1(O)C(=O)OCc2c1cc1n(c2=O)Cc2c-1nc1ccccc1c2C1CN[C@@H]([SiH2]CCCCN)C(=O)N(C(C)C)C1. The van der Waals surface area contributed by atoms with E-state index < -0.39 is 21.1 Å². The minimum atomic E-state index is -1.88. The number of carbonyl (C=O) groups is 2. The van der Waals surface area contributed by atoms with Gasteiger partial charge in [0.2, 0.25) is 5.91 Å². The number of ether oxygens (including phenoxy) is 1. The standard InChI is InChI=1S/C32H41N5O5Si/c1-4-32(41)23-13-25-27-21(16-37(25)29(38)22(23)17-42-31(32)40)26(20-9-5-6-10-24(20)35-27)19-14-34-28(43-12-8-7-11-33)30(39)36(15-19)18(2)3/h5-6,9-10,13,18-19,28,34,41H,4,7-8,11-12,14-17,33,43H2,1-3H3/t19?,28-,32-/m0/s1. The molecule has 3 aliphatic heterocycles. The molecule has 1 fully saturated rings. The first kappa shape index (κ1) is 29.7. The van der Waals surface area contributed by atoms with Crippen LogP contribution >= 0.6 is 0 Å². The summed E-state index contributed by atoms with van der Waals surface area (Å²) in [5.74, 6) is -0.572. The number of fused-ring (bicyclic) bond motifs is 5. The second kappa shape index (κ2) is 11.6. The summed E-state index contributed by atoms with van der Waals surface area (Å²) in [7, 11) is -0.695. The van der Waals surface area contributed by atoms with Crippen LogP contribution in [0.4, 0.5) is 0 Å². The third-order valence-electron chi connectivity index (χ3n) is 9.48. The van der Waals surface area contributed by atoms with Gasteiger partial charge in [-0.3, -0.25) is 9.59 Å². The van der Waals surface area contributed by atoms with Crippen LogP contribution in [0.25, 0.3) is 22.3 Å². The maximum atomic E-state index is 13.9. The molecule has 0 radical (unpaired) electrons. The van der Waals surface area contributed by atoms with Gasteiger partial charge in [-0.25, -0.2) is 9.78 Å². The maximum absolute atomic E-state index is 13.9. The van der Waals surface area contributed by atoms with Crippen LogP contribution in [0.2, 0.25) is 6.04 Å². The van der Waals surface area contributed by atoms with Crippen LogP contribution in [0.3, 0.4) is 0 Å². The molecule has 3 atom stereocenters. The van der Waals surface area contributed by atoms with Crippen LogP contribution in [0.5, 0.6) is 0 Å². The highest BCUT2D eigenvalue weighted by Crippen LogP contribution is 2.42. The van der Waals surface area contributed by atoms with Gasteiger partial charge in [0.1, 0.15) is 6.61 Å². The Kier molecular flexibility index (Phi) is 8.01. The van der Waals surface area contributed by atoms with Gasteiger partial charge in [-0.2, -0.15) is 0 Å². The zero-order valence-electron chi connectivity index (χ0n) is 25.2. The van der Waals surface area contributed by atoms with Gasteiger partial charge in [0.05, 0.1) is 44.2 Å². The number of aliphatic hydroxyl groups is 1. The van der Waals surface area contributed by atoms with Crippen molar-refractivity contribution in [1.82, 2.24) is 19.8 Å². The number of carbonyl (C=O) groups excluding carboxylic acids is 2. The van der Waals surface area contributed by atoms with Gasteiger partial charge in [0.15, 0.2) is 5.60 Å². The molecule has 0 spiro atoms. The van der Waals surface area contributed by atoms with Crippen molar-refractivity contribution in [2.75, 3.05) is 19.6 Å². The molecule has 43 heavy (non-hydrogen) atoms. The van der Waals surface area contributed by atoms with Gasteiger partial charge in [-0.15, -0.1) is 0 Å². The summed E-state index contributed by atoms with van der Waals surface area (Å²) in [6.45, 7) is 7.89. The molecule has 10 nitrogen and oxygen atoms in total. The normalized spacial score (nSPS) is 23.5. The number of benzene rings is 1. The predicted octanol–water partition coefficient (Wildman–Crippen LogP) is 1.66. The lowest BCUT2D eigenvalue weighted by molar-refractivity contribution is -0.172. The summed E-state index contributed by atoms with van der Waals surface area (Å²) in [5, 5.41) is 16.0. The van der Waals surface area contributed by atoms with Crippen molar-refractivity contribution in [2.45, 2.75) is 82.5 Å². The Hall–Kier alpha value is -3.38. The largest absolute Gasteiger partial charge is 0.458 e. The molecule has 4 N–H and O–H groups in total. The smallest absolute Gasteiger partial charge is 0.343 e. The van der Waals surface area contributed by atoms with E-state index in [4.69, 9.17) is 15.5 Å². The molecule has 0 aliphatic carbocycles. The lowest BCUT2D eigenvalue weighted by Gasteiger charge is -2.31. The molecule has 0 bridgehead atoms. The highest BCUT2D eigenvalue weighted by atomic mass is 28.2. The van der Waals surface area contributed by atoms with Crippen molar-refractivity contribution < 1.29 is 19.4 Å². The molecule has 1 unspecified atom stereocenters. The zero-order chi connectivity index (χ0) is 30.5. The second-order valence-corrected chi connectivity index (χ2v) is 14.5. The fourth-order valence-corrected chi connectivity index (χ4v) is 8.95. The van der Waals surface area contributed by atoms with Gasteiger partial charge in [-0.05, 0) is 50.9 Å². The molecule has 11 heteroatoms. The van der Waals surface area contributed by atoms with Crippen LogP contribution in [0.1, 0.15) is 68.2 Å². The maximum Gasteiger partial charge on any atom is 0.343 e. The molecule has 1 saturated heterocycles. The van der Waals surface area contributed by atoms with Crippen molar-refractivity contribution in [3.05, 3.63) is 62.9 Å². The molecule has 3 aromatic rings. The average molecular weight is 604 g/mol. The number of nitrogens with zero attached hydrogens (tertiary/aromatic N) is 3. The van der Waals surface area contributed by atoms with Crippen LogP contribution in [-0.2, 0) is 33.1 Å². The molecule has 2 aromatic heterocycles. The van der Waals surface area contributed by atoms with Gasteiger partial charge < -0.3 is 30.4 Å². The molecule has 3 aliphatic rings. The quantitative estimate of drug-likeness (QED) is 0.157. The summed E-state index contributed by atoms with van der Waals surface area (Å²) in [6, 6.07) is 10.9. The number of hydrogen-bond donors (Lipinski definition) is 3. The van der Waals surface area contributed by atoms with Gasteiger partial charge in [0, 0.05) is 41.6 Å². The Morgan fingerprint density at radius 3 is 2.74 bits per heavy atom. The minimum Gasteiger partial charge on any atom is -0.458 e. The highest BCUT2D eigenvalue weighted by Gasteiger charge is 2.46. The number of amides is 1. The van der Waals surface area contributed by atoms with Crippen LogP contribution in [0.15, 0.2) is 35.1 Å². The number of cyclic esters (lactones) is 1. The van der Waals surface area contributed by atoms with Gasteiger partial charge in [-0.1, -0.05) is 37.6 Å². The molecular weight excluding hydrogens is 562 g/mol. The molecule has 1 aromatic carbocycles. The fraction of sp³-hybridized carbons (Fsp3) is 0.500. The second-order valence-electron chi connectivity index (χ2n) is 12.4. The van der Waals surface area contributed by atoms with Gasteiger partial charge >= 0.3 is 5.97 Å². The van der Waals surface area contributed by atoms with Crippen molar-refractivity contribution in [3.8, 4) is 11.4 Å². The number of para-hydroxylation sites is 1. The first-order valence-corrected chi connectivity index (χ1v) is 17.3.